The van der Waals surface area contributed by atoms with Crippen LogP contribution in [0.25, 0.3) is 0 Å². The van der Waals surface area contributed by atoms with Crippen LogP contribution in [0.4, 0.5) is 0 Å². The molecule has 0 spiro atoms. The van der Waals surface area contributed by atoms with Crippen LogP contribution in [0.15, 0.2) is 28.7 Å². The molecule has 0 aromatic heterocycles. The highest BCUT2D eigenvalue weighted by Crippen LogP contribution is 2.48. The minimum absolute atomic E-state index is 0.0667. The Morgan fingerprint density at radius 2 is 1.95 bits per heavy atom. The average molecular weight is 326 g/mol. The number of aliphatic carboxylic acids is 1. The molecule has 1 unspecified atom stereocenters. The second kappa shape index (κ2) is 5.33. The number of carboxylic acid groups (broad SMARTS) is 1. The minimum Gasteiger partial charge on any atom is -0.481 e. The maximum Gasteiger partial charge on any atom is 0.308 e. The van der Waals surface area contributed by atoms with E-state index in [1.165, 1.54) is 0 Å². The van der Waals surface area contributed by atoms with E-state index >= 15 is 0 Å². The van der Waals surface area contributed by atoms with Gasteiger partial charge in [-0.05, 0) is 30.5 Å². The van der Waals surface area contributed by atoms with E-state index in [-0.39, 0.29) is 12.5 Å². The Bertz CT molecular complexity index is 494. The van der Waals surface area contributed by atoms with Gasteiger partial charge in [-0.15, -0.1) is 0 Å². The molecule has 1 aromatic rings. The van der Waals surface area contributed by atoms with Crippen LogP contribution in [0, 0.1) is 5.92 Å². The van der Waals surface area contributed by atoms with E-state index < -0.39 is 17.3 Å². The number of hydrogen-bond acceptors (Lipinski definition) is 2. The van der Waals surface area contributed by atoms with E-state index in [1.54, 1.807) is 6.92 Å². The molecular weight excluding hydrogens is 310 g/mol. The zero-order valence-corrected chi connectivity index (χ0v) is 12.2. The van der Waals surface area contributed by atoms with Gasteiger partial charge in [0.25, 0.3) is 0 Å². The molecule has 1 fully saturated rings. The van der Waals surface area contributed by atoms with Crippen molar-refractivity contribution in [2.75, 3.05) is 6.54 Å². The Labute approximate surface area is 120 Å². The zero-order chi connectivity index (χ0) is 14.0. The van der Waals surface area contributed by atoms with Gasteiger partial charge in [-0.25, -0.2) is 0 Å². The fourth-order valence-electron chi connectivity index (χ4n) is 2.04. The highest BCUT2D eigenvalue weighted by atomic mass is 79.9. The van der Waals surface area contributed by atoms with Crippen LogP contribution < -0.4 is 5.32 Å². The minimum atomic E-state index is -0.895. The molecule has 4 nitrogen and oxygen atoms in total. The third kappa shape index (κ3) is 2.97. The molecule has 0 saturated heterocycles. The van der Waals surface area contributed by atoms with Crippen molar-refractivity contribution in [2.24, 2.45) is 5.92 Å². The van der Waals surface area contributed by atoms with Crippen LogP contribution >= 0.6 is 15.9 Å². The van der Waals surface area contributed by atoms with Crippen molar-refractivity contribution in [1.82, 2.24) is 5.32 Å². The first kappa shape index (κ1) is 14.1. The Hall–Kier alpha value is -1.36. The normalized spacial score (nSPS) is 17.6. The number of carbonyl (C=O) groups excluding carboxylic acids is 1. The smallest absolute Gasteiger partial charge is 0.308 e. The molecule has 0 heterocycles. The van der Waals surface area contributed by atoms with Gasteiger partial charge < -0.3 is 10.4 Å². The lowest BCUT2D eigenvalue weighted by atomic mass is 9.95. The summed E-state index contributed by atoms with van der Waals surface area (Å²) in [5.41, 5.74) is 0.551. The third-order valence-electron chi connectivity index (χ3n) is 3.57. The van der Waals surface area contributed by atoms with Gasteiger partial charge in [0, 0.05) is 11.0 Å². The van der Waals surface area contributed by atoms with Crippen molar-refractivity contribution in [3.8, 4) is 0 Å². The van der Waals surface area contributed by atoms with E-state index in [1.807, 2.05) is 24.3 Å². The van der Waals surface area contributed by atoms with E-state index in [0.717, 1.165) is 22.9 Å². The summed E-state index contributed by atoms with van der Waals surface area (Å²) in [5, 5.41) is 11.6. The number of benzene rings is 1. The number of halogens is 1. The summed E-state index contributed by atoms with van der Waals surface area (Å²) in [6, 6.07) is 7.72. The predicted molar refractivity (Wildman–Crippen MR) is 74.9 cm³/mol. The fraction of sp³-hybridized carbons (Fsp3) is 0.429. The second-order valence-corrected chi connectivity index (χ2v) is 5.95. The third-order valence-corrected chi connectivity index (χ3v) is 4.10. The Morgan fingerprint density at radius 1 is 1.37 bits per heavy atom. The molecule has 2 N–H and O–H groups in total. The number of carboxylic acids is 1. The van der Waals surface area contributed by atoms with Crippen LogP contribution in [0.3, 0.4) is 0 Å². The van der Waals surface area contributed by atoms with Gasteiger partial charge in [0.15, 0.2) is 0 Å². The average Bonchev–Trinajstić information content (AvgIpc) is 3.17. The first-order chi connectivity index (χ1) is 8.95. The molecular formula is C14H16BrNO3. The van der Waals surface area contributed by atoms with Crippen LogP contribution in [0.5, 0.6) is 0 Å². The van der Waals surface area contributed by atoms with Crippen molar-refractivity contribution in [2.45, 2.75) is 25.2 Å². The highest BCUT2D eigenvalue weighted by molar-refractivity contribution is 9.10. The van der Waals surface area contributed by atoms with Gasteiger partial charge in [-0.1, -0.05) is 35.0 Å². The standard InChI is InChI=1S/C14H16BrNO3/c1-9(12(17)18)8-16-13(19)14(6-7-14)10-2-4-11(15)5-3-10/h2-5,9H,6-8H2,1H3,(H,16,19)(H,17,18). The van der Waals surface area contributed by atoms with E-state index in [2.05, 4.69) is 21.2 Å². The molecule has 0 bridgehead atoms. The Balaban J connectivity index is 2.02. The van der Waals surface area contributed by atoms with Crippen molar-refractivity contribution in [3.05, 3.63) is 34.3 Å². The highest BCUT2D eigenvalue weighted by Gasteiger charge is 2.51. The number of rotatable bonds is 5. The summed E-state index contributed by atoms with van der Waals surface area (Å²) in [5.74, 6) is -1.53. The van der Waals surface area contributed by atoms with Crippen molar-refractivity contribution < 1.29 is 14.7 Å². The van der Waals surface area contributed by atoms with Crippen molar-refractivity contribution in [3.63, 3.8) is 0 Å². The maximum absolute atomic E-state index is 12.2. The second-order valence-electron chi connectivity index (χ2n) is 5.04. The lowest BCUT2D eigenvalue weighted by molar-refractivity contribution is -0.141. The van der Waals surface area contributed by atoms with Gasteiger partial charge in [-0.3, -0.25) is 9.59 Å². The summed E-state index contributed by atoms with van der Waals surface area (Å²) in [4.78, 5) is 23.0. The molecule has 1 aliphatic rings. The monoisotopic (exact) mass is 325 g/mol. The quantitative estimate of drug-likeness (QED) is 0.873. The van der Waals surface area contributed by atoms with Crippen LogP contribution in [-0.4, -0.2) is 23.5 Å². The predicted octanol–water partition coefficient (Wildman–Crippen LogP) is 2.32. The summed E-state index contributed by atoms with van der Waals surface area (Å²) in [7, 11) is 0. The molecule has 5 heteroatoms. The molecule has 1 aliphatic carbocycles. The molecule has 2 rings (SSSR count). The molecule has 1 saturated carbocycles. The van der Waals surface area contributed by atoms with E-state index in [0.29, 0.717) is 0 Å². The molecule has 1 amide bonds. The summed E-state index contributed by atoms with van der Waals surface area (Å²) in [6.07, 6.45) is 1.64. The summed E-state index contributed by atoms with van der Waals surface area (Å²) < 4.78 is 0.979. The maximum atomic E-state index is 12.2. The van der Waals surface area contributed by atoms with Gasteiger partial charge in [0.05, 0.1) is 11.3 Å². The molecule has 0 aliphatic heterocycles. The molecule has 1 aromatic carbocycles. The molecule has 19 heavy (non-hydrogen) atoms. The number of amides is 1. The largest absolute Gasteiger partial charge is 0.481 e. The molecule has 0 radical (unpaired) electrons. The Kier molecular flexibility index (Phi) is 3.94. The van der Waals surface area contributed by atoms with Crippen LogP contribution in [0.2, 0.25) is 0 Å². The number of carbonyl (C=O) groups is 2. The number of hydrogen-bond donors (Lipinski definition) is 2. The molecule has 102 valence electrons. The topological polar surface area (TPSA) is 66.4 Å². The van der Waals surface area contributed by atoms with Gasteiger partial charge in [0.2, 0.25) is 5.91 Å². The first-order valence-electron chi connectivity index (χ1n) is 6.23. The first-order valence-corrected chi connectivity index (χ1v) is 7.02. The van der Waals surface area contributed by atoms with Crippen LogP contribution in [0.1, 0.15) is 25.3 Å². The van der Waals surface area contributed by atoms with E-state index in [4.69, 9.17) is 5.11 Å². The van der Waals surface area contributed by atoms with Crippen LogP contribution in [-0.2, 0) is 15.0 Å². The molecule has 1 atom stereocenters. The summed E-state index contributed by atoms with van der Waals surface area (Å²) in [6.45, 7) is 1.76. The number of nitrogens with one attached hydrogen (secondary N) is 1. The van der Waals surface area contributed by atoms with E-state index in [9.17, 15) is 9.59 Å². The summed E-state index contributed by atoms with van der Waals surface area (Å²) >= 11 is 3.37. The SMILES string of the molecule is CC(CNC(=O)C1(c2ccc(Br)cc2)CC1)C(=O)O. The fourth-order valence-corrected chi connectivity index (χ4v) is 2.31. The van der Waals surface area contributed by atoms with Gasteiger partial charge >= 0.3 is 5.97 Å². The zero-order valence-electron chi connectivity index (χ0n) is 10.6. The van der Waals surface area contributed by atoms with Crippen molar-refractivity contribution in [1.29, 1.82) is 0 Å². The van der Waals surface area contributed by atoms with Gasteiger partial charge in [-0.2, -0.15) is 0 Å². The Morgan fingerprint density at radius 3 is 2.42 bits per heavy atom. The lowest BCUT2D eigenvalue weighted by Gasteiger charge is -2.17. The van der Waals surface area contributed by atoms with Crippen molar-refractivity contribution >= 4 is 27.8 Å². The van der Waals surface area contributed by atoms with Gasteiger partial charge in [0.1, 0.15) is 0 Å². The lowest BCUT2D eigenvalue weighted by Crippen LogP contribution is -2.38.